The van der Waals surface area contributed by atoms with Gasteiger partial charge in [-0.3, -0.25) is 23.4 Å². The van der Waals surface area contributed by atoms with E-state index in [-0.39, 0.29) is 25.9 Å². The van der Waals surface area contributed by atoms with Gasteiger partial charge in [-0.05, 0) is 122 Å². The van der Waals surface area contributed by atoms with Gasteiger partial charge in [-0.2, -0.15) is 0 Å². The van der Waals surface area contributed by atoms with Gasteiger partial charge in [0.1, 0.15) is 12.7 Å². The smallest absolute Gasteiger partial charge is 0.462 e. The summed E-state index contributed by atoms with van der Waals surface area (Å²) in [6.45, 7) is 4.25. The first-order valence-corrected chi connectivity index (χ1v) is 29.9. The van der Waals surface area contributed by atoms with E-state index in [9.17, 15) is 28.9 Å². The van der Waals surface area contributed by atoms with Crippen LogP contribution in [0.1, 0.15) is 213 Å². The first kappa shape index (κ1) is 69.9. The molecule has 0 aromatic heterocycles. The van der Waals surface area contributed by atoms with Crippen molar-refractivity contribution in [3.8, 4) is 0 Å². The van der Waals surface area contributed by atoms with Gasteiger partial charge in [0, 0.05) is 19.3 Å². The molecule has 0 spiro atoms. The maximum atomic E-state index is 12.9. The van der Waals surface area contributed by atoms with E-state index in [1.54, 1.807) is 0 Å². The molecule has 0 rings (SSSR count). The number of carbonyl (C=O) groups excluding carboxylic acids is 3. The Balaban J connectivity index is 4.82. The number of phosphoric acid groups is 1. The number of ether oxygens (including phenoxy) is 3. The lowest BCUT2D eigenvalue weighted by atomic mass is 10.1. The van der Waals surface area contributed by atoms with Gasteiger partial charge in [0.25, 0.3) is 0 Å². The largest absolute Gasteiger partial charge is 0.472 e. The number of carbonyl (C=O) groups is 3. The quantitative estimate of drug-likeness (QED) is 0.0197. The Kier molecular flexibility index (Phi) is 52.1. The second kappa shape index (κ2) is 55.1. The molecule has 74 heavy (non-hydrogen) atoms. The van der Waals surface area contributed by atoms with Crippen LogP contribution in [0.15, 0.2) is 122 Å². The molecule has 0 aromatic carbocycles. The fourth-order valence-corrected chi connectivity index (χ4v) is 7.86. The van der Waals surface area contributed by atoms with Gasteiger partial charge in [0.05, 0.1) is 19.8 Å². The summed E-state index contributed by atoms with van der Waals surface area (Å²) in [4.78, 5) is 48.5. The zero-order chi connectivity index (χ0) is 54.1. The van der Waals surface area contributed by atoms with Crippen LogP contribution < -0.4 is 0 Å². The van der Waals surface area contributed by atoms with Gasteiger partial charge in [0.15, 0.2) is 6.10 Å². The van der Waals surface area contributed by atoms with Gasteiger partial charge in [-0.15, -0.1) is 0 Å². The minimum atomic E-state index is -4.77. The molecule has 420 valence electrons. The zero-order valence-electron chi connectivity index (χ0n) is 46.3. The molecule has 0 aliphatic rings. The summed E-state index contributed by atoms with van der Waals surface area (Å²) in [6, 6.07) is 0. The summed E-state index contributed by atoms with van der Waals surface area (Å²) in [5.41, 5.74) is 0. The number of aliphatic hydroxyl groups is 1. The summed E-state index contributed by atoms with van der Waals surface area (Å²) in [5.74, 6) is -1.55. The second-order valence-corrected chi connectivity index (χ2v) is 19.8. The van der Waals surface area contributed by atoms with E-state index < -0.39 is 57.8 Å². The molecule has 0 amide bonds. The van der Waals surface area contributed by atoms with Crippen LogP contribution in [0.5, 0.6) is 0 Å². The summed E-state index contributed by atoms with van der Waals surface area (Å²) in [6.07, 6.45) is 67.3. The SMILES string of the molecule is CC/C=C\C/C=C\C/C=C\C/C=C\CCCCCCCCC(=O)OC(COC(=O)CCCCCCC/C=C\C/C=C\CCC)COP(=O)(O)OCC(CO)OC(=O)CCCC/C=C\C/C=C\C/C=C\C/C=C\CC. The van der Waals surface area contributed by atoms with Gasteiger partial charge in [-0.25, -0.2) is 4.57 Å². The molecule has 0 radical (unpaired) electrons. The standard InChI is InChI=1S/C62H101O11P/c1-4-7-10-13-16-19-22-25-27-28-29-30-32-35-38-41-44-47-50-53-62(66)73-59(55-69-60(64)51-48-45-42-39-36-33-24-21-18-15-12-9-6-3)57-71-74(67,68)70-56-58(54-63)72-61(65)52-49-46-43-40-37-34-31-26-23-20-17-14-11-8-5-2/h7-8,10-12,15-17,19-21,24-27,29-31,37,40,58-59,63H,4-6,9,13-14,18,22-23,28,32-36,38-39,41-57H2,1-3H3,(H,67,68)/b10-7-,11-8-,15-12-,19-16-,20-17-,24-21-,27-25-,30-29-,31-26-,40-37-. The highest BCUT2D eigenvalue weighted by Gasteiger charge is 2.28. The molecule has 0 aliphatic heterocycles. The molecule has 0 aromatic rings. The van der Waals surface area contributed by atoms with Crippen LogP contribution in [0.25, 0.3) is 0 Å². The lowest BCUT2D eigenvalue weighted by molar-refractivity contribution is -0.161. The van der Waals surface area contributed by atoms with Crippen LogP contribution >= 0.6 is 7.82 Å². The minimum Gasteiger partial charge on any atom is -0.462 e. The molecule has 0 saturated carbocycles. The Hall–Kier alpha value is -4.12. The van der Waals surface area contributed by atoms with Crippen LogP contribution in [0.2, 0.25) is 0 Å². The van der Waals surface area contributed by atoms with E-state index in [0.29, 0.717) is 19.3 Å². The van der Waals surface area contributed by atoms with Gasteiger partial charge >= 0.3 is 25.7 Å². The predicted octanol–water partition coefficient (Wildman–Crippen LogP) is 16.8. The van der Waals surface area contributed by atoms with Gasteiger partial charge in [-0.1, -0.05) is 194 Å². The van der Waals surface area contributed by atoms with E-state index in [1.165, 1.54) is 0 Å². The number of rotatable bonds is 51. The lowest BCUT2D eigenvalue weighted by Crippen LogP contribution is -2.30. The third kappa shape index (κ3) is 52.7. The van der Waals surface area contributed by atoms with Crippen molar-refractivity contribution in [3.05, 3.63) is 122 Å². The summed E-state index contributed by atoms with van der Waals surface area (Å²) in [5, 5.41) is 9.80. The maximum Gasteiger partial charge on any atom is 0.472 e. The topological polar surface area (TPSA) is 155 Å². The molecule has 3 atom stereocenters. The van der Waals surface area contributed by atoms with Crippen molar-refractivity contribution in [2.24, 2.45) is 0 Å². The molecule has 11 nitrogen and oxygen atoms in total. The van der Waals surface area contributed by atoms with Crippen molar-refractivity contribution >= 4 is 25.7 Å². The number of phosphoric ester groups is 1. The number of allylic oxidation sites excluding steroid dienone is 20. The van der Waals surface area contributed by atoms with Gasteiger partial charge < -0.3 is 24.2 Å². The third-order valence-corrected chi connectivity index (χ3v) is 12.3. The lowest BCUT2D eigenvalue weighted by Gasteiger charge is -2.21. The first-order chi connectivity index (χ1) is 36.2. The highest BCUT2D eigenvalue weighted by molar-refractivity contribution is 7.47. The molecular weight excluding hydrogens is 952 g/mol. The summed E-state index contributed by atoms with van der Waals surface area (Å²) >= 11 is 0. The number of esters is 3. The Morgan fingerprint density at radius 3 is 1.11 bits per heavy atom. The Labute approximate surface area is 449 Å². The average Bonchev–Trinajstić information content (AvgIpc) is 3.39. The summed E-state index contributed by atoms with van der Waals surface area (Å²) in [7, 11) is -4.77. The van der Waals surface area contributed by atoms with Crippen LogP contribution in [-0.2, 0) is 42.2 Å². The van der Waals surface area contributed by atoms with E-state index in [1.807, 2.05) is 0 Å². The number of aliphatic hydroxyl groups excluding tert-OH is 1. The predicted molar refractivity (Wildman–Crippen MR) is 306 cm³/mol. The molecule has 0 saturated heterocycles. The van der Waals surface area contributed by atoms with E-state index in [4.69, 9.17) is 23.3 Å². The highest BCUT2D eigenvalue weighted by Crippen LogP contribution is 2.43. The van der Waals surface area contributed by atoms with Crippen molar-refractivity contribution in [1.82, 2.24) is 0 Å². The molecule has 0 heterocycles. The maximum absolute atomic E-state index is 12.9. The molecule has 0 fully saturated rings. The molecule has 0 aliphatic carbocycles. The highest BCUT2D eigenvalue weighted by atomic mass is 31.2. The average molecular weight is 1050 g/mol. The van der Waals surface area contributed by atoms with Crippen molar-refractivity contribution < 1.29 is 52.2 Å². The molecule has 3 unspecified atom stereocenters. The van der Waals surface area contributed by atoms with Gasteiger partial charge in [0.2, 0.25) is 0 Å². The Morgan fingerprint density at radius 2 is 0.703 bits per heavy atom. The van der Waals surface area contributed by atoms with Crippen molar-refractivity contribution in [3.63, 3.8) is 0 Å². The van der Waals surface area contributed by atoms with Crippen LogP contribution in [0.4, 0.5) is 0 Å². The molecule has 12 heteroatoms. The normalized spacial score (nSPS) is 14.3. The van der Waals surface area contributed by atoms with E-state index in [2.05, 4.69) is 142 Å². The Bertz CT molecular complexity index is 1700. The van der Waals surface area contributed by atoms with E-state index >= 15 is 0 Å². The first-order valence-electron chi connectivity index (χ1n) is 28.4. The molecule has 0 bridgehead atoms. The number of hydrogen-bond acceptors (Lipinski definition) is 10. The molecule has 2 N–H and O–H groups in total. The Morgan fingerprint density at radius 1 is 0.392 bits per heavy atom. The van der Waals surface area contributed by atoms with E-state index in [0.717, 1.165) is 154 Å². The van der Waals surface area contributed by atoms with Crippen molar-refractivity contribution in [1.29, 1.82) is 0 Å². The molecular formula is C62H101O11P. The number of unbranched alkanes of at least 4 members (excludes halogenated alkanes) is 14. The zero-order valence-corrected chi connectivity index (χ0v) is 47.2. The van der Waals surface area contributed by atoms with Crippen LogP contribution in [0, 0.1) is 0 Å². The van der Waals surface area contributed by atoms with Crippen LogP contribution in [0.3, 0.4) is 0 Å². The fraction of sp³-hybridized carbons (Fsp3) is 0.629. The van der Waals surface area contributed by atoms with Crippen molar-refractivity contribution in [2.75, 3.05) is 26.4 Å². The fourth-order valence-electron chi connectivity index (χ4n) is 7.08. The monoisotopic (exact) mass is 1050 g/mol. The summed E-state index contributed by atoms with van der Waals surface area (Å²) < 4.78 is 39.4. The second-order valence-electron chi connectivity index (χ2n) is 18.3. The van der Waals surface area contributed by atoms with Crippen LogP contribution in [-0.4, -0.2) is 66.5 Å². The minimum absolute atomic E-state index is 0.117. The number of hydrogen-bond donors (Lipinski definition) is 2. The third-order valence-electron chi connectivity index (χ3n) is 11.3. The van der Waals surface area contributed by atoms with Crippen molar-refractivity contribution in [2.45, 2.75) is 226 Å².